The third-order valence-corrected chi connectivity index (χ3v) is 3.11. The largest absolute Gasteiger partial charge is 0.466 e. The number of hydrogen-bond donors (Lipinski definition) is 0. The Morgan fingerprint density at radius 2 is 1.47 bits per heavy atom. The van der Waals surface area contributed by atoms with Crippen molar-refractivity contribution in [3.63, 3.8) is 0 Å². The predicted octanol–water partition coefficient (Wildman–Crippen LogP) is 5.42. The van der Waals surface area contributed by atoms with Crippen molar-refractivity contribution in [2.24, 2.45) is 0 Å². The maximum atomic E-state index is 11.2. The van der Waals surface area contributed by atoms with Gasteiger partial charge in [0.1, 0.15) is 0 Å². The van der Waals surface area contributed by atoms with Crippen LogP contribution in [-0.4, -0.2) is 12.6 Å². The van der Waals surface area contributed by atoms with Gasteiger partial charge in [0.15, 0.2) is 0 Å². The van der Waals surface area contributed by atoms with E-state index in [4.69, 9.17) is 4.74 Å². The molecule has 112 valence electrons. The summed E-state index contributed by atoms with van der Waals surface area (Å²) in [5.74, 6) is -0.0271. The van der Waals surface area contributed by atoms with Crippen molar-refractivity contribution in [1.82, 2.24) is 0 Å². The van der Waals surface area contributed by atoms with Crippen molar-refractivity contribution in [3.05, 3.63) is 12.2 Å². The van der Waals surface area contributed by atoms with Crippen LogP contribution in [0.25, 0.3) is 0 Å². The van der Waals surface area contributed by atoms with Gasteiger partial charge in [-0.15, -0.1) is 0 Å². The number of unbranched alkanes of at least 4 members (excludes halogenated alkanes) is 7. The zero-order chi connectivity index (χ0) is 14.2. The summed E-state index contributed by atoms with van der Waals surface area (Å²) >= 11 is 0. The zero-order valence-electron chi connectivity index (χ0n) is 13.0. The Balaban J connectivity index is 3.14. The maximum absolute atomic E-state index is 11.2. The Morgan fingerprint density at radius 3 is 2.16 bits per heavy atom. The molecule has 2 nitrogen and oxygen atoms in total. The highest BCUT2D eigenvalue weighted by Gasteiger charge is 2.00. The average molecular weight is 268 g/mol. The highest BCUT2D eigenvalue weighted by Crippen LogP contribution is 2.08. The highest BCUT2D eigenvalue weighted by molar-refractivity contribution is 5.69. The molecule has 0 aliphatic rings. The van der Waals surface area contributed by atoms with Crippen LogP contribution in [0.4, 0.5) is 0 Å². The second kappa shape index (κ2) is 15.3. The van der Waals surface area contributed by atoms with Crippen LogP contribution in [-0.2, 0) is 9.53 Å². The summed E-state index contributed by atoms with van der Waals surface area (Å²) in [6.07, 6.45) is 17.1. The number of carbonyl (C=O) groups is 1. The first-order chi connectivity index (χ1) is 9.31. The van der Waals surface area contributed by atoms with E-state index < -0.39 is 0 Å². The van der Waals surface area contributed by atoms with Crippen molar-refractivity contribution in [1.29, 1.82) is 0 Å². The lowest BCUT2D eigenvalue weighted by Gasteiger charge is -2.02. The second-order valence-electron chi connectivity index (χ2n) is 5.14. The molecule has 0 aromatic heterocycles. The van der Waals surface area contributed by atoms with Crippen molar-refractivity contribution < 1.29 is 9.53 Å². The fourth-order valence-corrected chi connectivity index (χ4v) is 1.91. The van der Waals surface area contributed by atoms with E-state index in [1.807, 2.05) is 6.92 Å². The van der Waals surface area contributed by atoms with Gasteiger partial charge in [-0.3, -0.25) is 4.79 Å². The smallest absolute Gasteiger partial charge is 0.305 e. The Bertz CT molecular complexity index is 221. The molecule has 0 amide bonds. The summed E-state index contributed by atoms with van der Waals surface area (Å²) < 4.78 is 5.03. The van der Waals surface area contributed by atoms with Crippen molar-refractivity contribution in [2.75, 3.05) is 6.61 Å². The predicted molar refractivity (Wildman–Crippen MR) is 82.2 cm³/mol. The van der Waals surface area contributed by atoms with E-state index >= 15 is 0 Å². The molecule has 0 saturated carbocycles. The molecule has 0 rings (SSSR count). The van der Waals surface area contributed by atoms with Gasteiger partial charge >= 0.3 is 5.97 Å². The molecule has 0 aliphatic carbocycles. The summed E-state index contributed by atoms with van der Waals surface area (Å²) in [4.78, 5) is 11.2. The summed E-state index contributed by atoms with van der Waals surface area (Å²) in [5.41, 5.74) is 0. The molecule has 0 N–H and O–H groups in total. The van der Waals surface area contributed by atoms with Gasteiger partial charge in [-0.1, -0.05) is 58.1 Å². The van der Waals surface area contributed by atoms with Gasteiger partial charge in [-0.25, -0.2) is 0 Å². The van der Waals surface area contributed by atoms with Crippen LogP contribution in [0.3, 0.4) is 0 Å². The lowest BCUT2D eigenvalue weighted by molar-refractivity contribution is -0.143. The molecular formula is C17H32O2. The van der Waals surface area contributed by atoms with E-state index in [2.05, 4.69) is 19.1 Å². The molecule has 0 heterocycles. The molecule has 0 atom stereocenters. The molecule has 0 radical (unpaired) electrons. The summed E-state index contributed by atoms with van der Waals surface area (Å²) in [6, 6.07) is 0. The molecule has 0 aromatic rings. The molecule has 0 aromatic carbocycles. The van der Waals surface area contributed by atoms with Crippen molar-refractivity contribution in [2.45, 2.75) is 84.5 Å². The number of esters is 1. The monoisotopic (exact) mass is 268 g/mol. The highest BCUT2D eigenvalue weighted by atomic mass is 16.5. The first-order valence-corrected chi connectivity index (χ1v) is 8.11. The number of hydrogen-bond acceptors (Lipinski definition) is 2. The van der Waals surface area contributed by atoms with E-state index in [-0.39, 0.29) is 5.97 Å². The van der Waals surface area contributed by atoms with Crippen LogP contribution < -0.4 is 0 Å². The Labute approximate surface area is 119 Å². The van der Waals surface area contributed by atoms with Crippen molar-refractivity contribution in [3.8, 4) is 0 Å². The van der Waals surface area contributed by atoms with Crippen LogP contribution in [0.15, 0.2) is 12.2 Å². The van der Waals surface area contributed by atoms with E-state index in [0.29, 0.717) is 13.0 Å². The van der Waals surface area contributed by atoms with E-state index in [1.54, 1.807) is 0 Å². The molecule has 0 bridgehead atoms. The molecule has 0 fully saturated rings. The van der Waals surface area contributed by atoms with Crippen molar-refractivity contribution >= 4 is 5.97 Å². The number of ether oxygens (including phenoxy) is 1. The minimum Gasteiger partial charge on any atom is -0.466 e. The topological polar surface area (TPSA) is 26.3 Å². The summed E-state index contributed by atoms with van der Waals surface area (Å²) in [6.45, 7) is 4.82. The molecule has 0 aliphatic heterocycles. The van der Waals surface area contributed by atoms with Crippen LogP contribution in [0.5, 0.6) is 0 Å². The van der Waals surface area contributed by atoms with E-state index in [1.165, 1.54) is 44.9 Å². The molecule has 2 heteroatoms. The number of allylic oxidation sites excluding steroid dienone is 2. The minimum atomic E-state index is -0.0271. The van der Waals surface area contributed by atoms with Crippen LogP contribution >= 0.6 is 0 Å². The van der Waals surface area contributed by atoms with E-state index in [9.17, 15) is 4.79 Å². The van der Waals surface area contributed by atoms with Gasteiger partial charge in [0, 0.05) is 6.42 Å². The lowest BCUT2D eigenvalue weighted by Crippen LogP contribution is -2.04. The average Bonchev–Trinajstić information content (AvgIpc) is 2.42. The molecule has 0 spiro atoms. The minimum absolute atomic E-state index is 0.0271. The first-order valence-electron chi connectivity index (χ1n) is 8.11. The Hall–Kier alpha value is -0.790. The lowest BCUT2D eigenvalue weighted by atomic mass is 10.1. The zero-order valence-corrected chi connectivity index (χ0v) is 13.0. The third-order valence-electron chi connectivity index (χ3n) is 3.11. The fraction of sp³-hybridized carbons (Fsp3) is 0.824. The normalized spacial score (nSPS) is 11.1. The van der Waals surface area contributed by atoms with Gasteiger partial charge in [-0.05, 0) is 32.1 Å². The fourth-order valence-electron chi connectivity index (χ4n) is 1.91. The molecular weight excluding hydrogens is 236 g/mol. The maximum Gasteiger partial charge on any atom is 0.305 e. The first kappa shape index (κ1) is 18.2. The second-order valence-corrected chi connectivity index (χ2v) is 5.14. The SMILES string of the molecule is CCCCC=CCCCCCCCC(=O)OCCC. The summed E-state index contributed by atoms with van der Waals surface area (Å²) in [7, 11) is 0. The van der Waals surface area contributed by atoms with Crippen LogP contribution in [0.2, 0.25) is 0 Å². The van der Waals surface area contributed by atoms with Gasteiger partial charge in [0.05, 0.1) is 6.61 Å². The molecule has 0 unspecified atom stereocenters. The van der Waals surface area contributed by atoms with Gasteiger partial charge in [-0.2, -0.15) is 0 Å². The van der Waals surface area contributed by atoms with Crippen LogP contribution in [0, 0.1) is 0 Å². The molecule has 0 saturated heterocycles. The van der Waals surface area contributed by atoms with Gasteiger partial charge in [0.2, 0.25) is 0 Å². The Kier molecular flexibility index (Phi) is 14.6. The van der Waals surface area contributed by atoms with Gasteiger partial charge < -0.3 is 4.74 Å². The Morgan fingerprint density at radius 1 is 0.842 bits per heavy atom. The van der Waals surface area contributed by atoms with Crippen LogP contribution in [0.1, 0.15) is 84.5 Å². The quantitative estimate of drug-likeness (QED) is 0.253. The standard InChI is InChI=1S/C17H32O2/c1-3-5-6-7-8-9-10-11-12-13-14-15-17(18)19-16-4-2/h7-8H,3-6,9-16H2,1-2H3. The molecule has 19 heavy (non-hydrogen) atoms. The number of rotatable bonds is 13. The third kappa shape index (κ3) is 15.2. The van der Waals surface area contributed by atoms with E-state index in [0.717, 1.165) is 19.3 Å². The van der Waals surface area contributed by atoms with Gasteiger partial charge in [0.25, 0.3) is 0 Å². The number of carbonyl (C=O) groups excluding carboxylic acids is 1. The summed E-state index contributed by atoms with van der Waals surface area (Å²) in [5, 5.41) is 0.